The first kappa shape index (κ1) is 14.0. The normalized spacial score (nSPS) is 12.4. The summed E-state index contributed by atoms with van der Waals surface area (Å²) >= 11 is 1.23. The molecule has 0 amide bonds. The van der Waals surface area contributed by atoms with Crippen molar-refractivity contribution in [3.05, 3.63) is 48.0 Å². The van der Waals surface area contributed by atoms with Gasteiger partial charge >= 0.3 is 0 Å². The number of benzene rings is 1. The van der Waals surface area contributed by atoms with E-state index in [4.69, 9.17) is 0 Å². The van der Waals surface area contributed by atoms with Crippen molar-refractivity contribution in [2.75, 3.05) is 6.54 Å². The van der Waals surface area contributed by atoms with Crippen LogP contribution in [-0.2, 0) is 0 Å². The molecule has 1 heterocycles. The fourth-order valence-corrected chi connectivity index (χ4v) is 2.45. The average molecular weight is 277 g/mol. The molecule has 1 aromatic carbocycles. The highest BCUT2D eigenvalue weighted by Crippen LogP contribution is 2.28. The van der Waals surface area contributed by atoms with Crippen LogP contribution < -0.4 is 5.32 Å². The molecule has 0 saturated heterocycles. The van der Waals surface area contributed by atoms with E-state index in [1.54, 1.807) is 30.6 Å². The number of nitrogens with zero attached hydrogens (tertiary/aromatic N) is 2. The Hall–Kier alpha value is -1.46. The third-order valence-electron chi connectivity index (χ3n) is 2.71. The predicted octanol–water partition coefficient (Wildman–Crippen LogP) is 3.44. The Morgan fingerprint density at radius 2 is 2.05 bits per heavy atom. The summed E-state index contributed by atoms with van der Waals surface area (Å²) in [4.78, 5) is 8.69. The van der Waals surface area contributed by atoms with E-state index >= 15 is 0 Å². The van der Waals surface area contributed by atoms with Crippen molar-refractivity contribution < 1.29 is 4.39 Å². The van der Waals surface area contributed by atoms with Crippen LogP contribution in [0.4, 0.5) is 4.39 Å². The Morgan fingerprint density at radius 1 is 1.32 bits per heavy atom. The molecular formula is C14H16FN3S. The highest BCUT2D eigenvalue weighted by molar-refractivity contribution is 7.99. The van der Waals surface area contributed by atoms with Crippen LogP contribution in [0, 0.1) is 5.82 Å². The van der Waals surface area contributed by atoms with Gasteiger partial charge in [-0.05, 0) is 49.0 Å². The van der Waals surface area contributed by atoms with Crippen LogP contribution in [0.2, 0.25) is 0 Å². The number of rotatable bonds is 5. The minimum absolute atomic E-state index is 0.145. The van der Waals surface area contributed by atoms with E-state index in [1.165, 1.54) is 11.8 Å². The Morgan fingerprint density at radius 3 is 2.68 bits per heavy atom. The lowest BCUT2D eigenvalue weighted by atomic mass is 10.1. The van der Waals surface area contributed by atoms with Crippen molar-refractivity contribution in [2.45, 2.75) is 29.9 Å². The first-order chi connectivity index (χ1) is 9.20. The van der Waals surface area contributed by atoms with Crippen LogP contribution in [0.15, 0.2) is 46.7 Å². The van der Waals surface area contributed by atoms with Gasteiger partial charge in [0.05, 0.1) is 4.90 Å². The number of nitrogens with one attached hydrogen (secondary N) is 1. The second-order valence-electron chi connectivity index (χ2n) is 4.10. The molecule has 1 N–H and O–H groups in total. The summed E-state index contributed by atoms with van der Waals surface area (Å²) in [7, 11) is 0. The molecule has 0 radical (unpaired) electrons. The van der Waals surface area contributed by atoms with Gasteiger partial charge in [-0.1, -0.05) is 13.0 Å². The van der Waals surface area contributed by atoms with E-state index < -0.39 is 0 Å². The van der Waals surface area contributed by atoms with E-state index in [-0.39, 0.29) is 11.9 Å². The summed E-state index contributed by atoms with van der Waals surface area (Å²) < 4.78 is 14.0. The maximum atomic E-state index is 14.0. The van der Waals surface area contributed by atoms with E-state index in [2.05, 4.69) is 15.3 Å². The van der Waals surface area contributed by atoms with Gasteiger partial charge in [0.2, 0.25) is 0 Å². The minimum Gasteiger partial charge on any atom is -0.310 e. The van der Waals surface area contributed by atoms with Crippen LogP contribution in [0.3, 0.4) is 0 Å². The molecule has 2 aromatic rings. The fourth-order valence-electron chi connectivity index (χ4n) is 1.73. The second-order valence-corrected chi connectivity index (χ2v) is 5.11. The highest BCUT2D eigenvalue weighted by atomic mass is 32.2. The molecule has 19 heavy (non-hydrogen) atoms. The molecule has 0 saturated carbocycles. The summed E-state index contributed by atoms with van der Waals surface area (Å²) in [6.45, 7) is 4.91. The number of hydrogen-bond donors (Lipinski definition) is 1. The van der Waals surface area contributed by atoms with Crippen molar-refractivity contribution >= 4 is 11.8 Å². The van der Waals surface area contributed by atoms with E-state index in [1.807, 2.05) is 19.9 Å². The van der Waals surface area contributed by atoms with Crippen LogP contribution in [0.25, 0.3) is 0 Å². The monoisotopic (exact) mass is 277 g/mol. The summed E-state index contributed by atoms with van der Waals surface area (Å²) in [5.74, 6) is -0.236. The van der Waals surface area contributed by atoms with Gasteiger partial charge in [0.1, 0.15) is 5.82 Å². The molecule has 1 aromatic heterocycles. The zero-order valence-electron chi connectivity index (χ0n) is 10.9. The zero-order valence-corrected chi connectivity index (χ0v) is 11.7. The van der Waals surface area contributed by atoms with Gasteiger partial charge in [0.15, 0.2) is 5.16 Å². The van der Waals surface area contributed by atoms with E-state index in [9.17, 15) is 4.39 Å². The molecule has 0 fully saturated rings. The van der Waals surface area contributed by atoms with Gasteiger partial charge in [-0.25, -0.2) is 14.4 Å². The molecule has 1 unspecified atom stereocenters. The van der Waals surface area contributed by atoms with Crippen LogP contribution in [0.5, 0.6) is 0 Å². The van der Waals surface area contributed by atoms with Crippen LogP contribution in [0.1, 0.15) is 25.5 Å². The third-order valence-corrected chi connectivity index (χ3v) is 3.65. The van der Waals surface area contributed by atoms with Crippen molar-refractivity contribution in [3.8, 4) is 0 Å². The topological polar surface area (TPSA) is 37.8 Å². The maximum Gasteiger partial charge on any atom is 0.192 e. The Labute approximate surface area is 116 Å². The summed E-state index contributed by atoms with van der Waals surface area (Å²) in [5, 5.41) is 3.81. The Kier molecular flexibility index (Phi) is 4.87. The molecule has 0 aliphatic carbocycles. The average Bonchev–Trinajstić information content (AvgIpc) is 2.42. The summed E-state index contributed by atoms with van der Waals surface area (Å²) in [5.41, 5.74) is 0.942. The van der Waals surface area contributed by atoms with Gasteiger partial charge in [0.25, 0.3) is 0 Å². The van der Waals surface area contributed by atoms with Gasteiger partial charge in [0, 0.05) is 18.4 Å². The molecule has 5 heteroatoms. The van der Waals surface area contributed by atoms with Gasteiger partial charge < -0.3 is 5.32 Å². The molecule has 0 aliphatic heterocycles. The molecule has 0 bridgehead atoms. The molecule has 1 atom stereocenters. The first-order valence-electron chi connectivity index (χ1n) is 6.18. The van der Waals surface area contributed by atoms with Crippen molar-refractivity contribution in [2.24, 2.45) is 0 Å². The SMILES string of the molecule is CCNC(C)c1ccc(Sc2ncccn2)c(F)c1. The standard InChI is InChI=1S/C14H16FN3S/c1-3-16-10(2)11-5-6-13(12(15)9-11)19-14-17-7-4-8-18-14/h4-10,16H,3H2,1-2H3. The Balaban J connectivity index is 2.15. The largest absolute Gasteiger partial charge is 0.310 e. The first-order valence-corrected chi connectivity index (χ1v) is 7.00. The second kappa shape index (κ2) is 6.63. The van der Waals surface area contributed by atoms with Gasteiger partial charge in [-0.3, -0.25) is 0 Å². The lowest BCUT2D eigenvalue weighted by molar-refractivity contribution is 0.572. The zero-order chi connectivity index (χ0) is 13.7. The highest BCUT2D eigenvalue weighted by Gasteiger charge is 2.10. The van der Waals surface area contributed by atoms with E-state index in [0.717, 1.165) is 12.1 Å². The molecule has 0 aliphatic rings. The van der Waals surface area contributed by atoms with Gasteiger partial charge in [-0.15, -0.1) is 0 Å². The number of aromatic nitrogens is 2. The van der Waals surface area contributed by atoms with Crippen molar-refractivity contribution in [1.29, 1.82) is 0 Å². The lowest BCUT2D eigenvalue weighted by Crippen LogP contribution is -2.17. The van der Waals surface area contributed by atoms with Crippen molar-refractivity contribution in [3.63, 3.8) is 0 Å². The van der Waals surface area contributed by atoms with Crippen LogP contribution >= 0.6 is 11.8 Å². The third kappa shape index (κ3) is 3.75. The van der Waals surface area contributed by atoms with E-state index in [0.29, 0.717) is 10.1 Å². The summed E-state index contributed by atoms with van der Waals surface area (Å²) in [6, 6.07) is 7.16. The molecule has 100 valence electrons. The quantitative estimate of drug-likeness (QED) is 0.850. The van der Waals surface area contributed by atoms with Crippen LogP contribution in [-0.4, -0.2) is 16.5 Å². The predicted molar refractivity (Wildman–Crippen MR) is 74.6 cm³/mol. The molecule has 0 spiro atoms. The number of hydrogen-bond acceptors (Lipinski definition) is 4. The molecule has 2 rings (SSSR count). The number of halogens is 1. The molecule has 3 nitrogen and oxygen atoms in total. The summed E-state index contributed by atoms with van der Waals surface area (Å²) in [6.07, 6.45) is 3.30. The maximum absolute atomic E-state index is 14.0. The Bertz CT molecular complexity index is 533. The van der Waals surface area contributed by atoms with Gasteiger partial charge in [-0.2, -0.15) is 0 Å². The smallest absolute Gasteiger partial charge is 0.192 e. The van der Waals surface area contributed by atoms with Crippen molar-refractivity contribution in [1.82, 2.24) is 15.3 Å². The lowest BCUT2D eigenvalue weighted by Gasteiger charge is -2.13. The fraction of sp³-hybridized carbons (Fsp3) is 0.286. The molecular weight excluding hydrogens is 261 g/mol. The minimum atomic E-state index is -0.236.